The van der Waals surface area contributed by atoms with Crippen molar-refractivity contribution < 1.29 is 24.1 Å². The van der Waals surface area contributed by atoms with Crippen molar-refractivity contribution in [2.24, 2.45) is 7.05 Å². The van der Waals surface area contributed by atoms with Gasteiger partial charge in [0, 0.05) is 0 Å². The van der Waals surface area contributed by atoms with Crippen molar-refractivity contribution in [1.82, 2.24) is 14.8 Å². The first-order chi connectivity index (χ1) is 10.9. The average Bonchev–Trinajstić information content (AvgIpc) is 3.09. The van der Waals surface area contributed by atoms with E-state index in [1.807, 2.05) is 31.8 Å². The van der Waals surface area contributed by atoms with E-state index in [9.17, 15) is 0 Å². The third-order valence-corrected chi connectivity index (χ3v) is 6.31. The third kappa shape index (κ3) is 3.85. The standard InChI is InChI=1S/C17H21N3OS.W/c1-7-14(10-21-6)8-11(2)15-9-18-17(22-15)16-12(3)13(4)19-20(16)5;/h7-9H,1-6H3;/b11-8+,14-7+;. The van der Waals surface area contributed by atoms with Crippen LogP contribution in [0.25, 0.3) is 16.3 Å². The molecule has 2 heterocycles. The molecule has 2 aromatic rings. The summed E-state index contributed by atoms with van der Waals surface area (Å²) in [6, 6.07) is 0. The molecule has 4 nitrogen and oxygen atoms in total. The maximum atomic E-state index is 5.37. The molecule has 0 aliphatic rings. The summed E-state index contributed by atoms with van der Waals surface area (Å²) in [7, 11) is 3.68. The Labute approximate surface area is 152 Å². The normalized spacial score (nSPS) is 12.8. The van der Waals surface area contributed by atoms with Gasteiger partial charge in [0.15, 0.2) is 0 Å². The Morgan fingerprint density at radius 1 is 1.39 bits per heavy atom. The van der Waals surface area contributed by atoms with Crippen LogP contribution in [0.1, 0.15) is 30.0 Å². The van der Waals surface area contributed by atoms with Crippen LogP contribution in [0.2, 0.25) is 0 Å². The van der Waals surface area contributed by atoms with Gasteiger partial charge in [-0.05, 0) is 0 Å². The van der Waals surface area contributed by atoms with Gasteiger partial charge in [0.25, 0.3) is 0 Å². The SMILES string of the molecule is C/C=C(\C=C(/C)c1cnc(-c2c(C)c(C)nn2C)s1)[C](=[W])OC. The molecular weight excluding hydrogens is 478 g/mol. The maximum absolute atomic E-state index is 5.37. The Morgan fingerprint density at radius 2 is 2.09 bits per heavy atom. The van der Waals surface area contributed by atoms with Crippen molar-refractivity contribution in [3.05, 3.63) is 40.1 Å². The molecule has 0 unspecified atom stereocenters. The van der Waals surface area contributed by atoms with E-state index in [0.717, 1.165) is 30.9 Å². The summed E-state index contributed by atoms with van der Waals surface area (Å²) in [6.07, 6.45) is 6.17. The Morgan fingerprint density at radius 3 is 2.61 bits per heavy atom. The molecule has 0 aliphatic heterocycles. The molecule has 0 bridgehead atoms. The van der Waals surface area contributed by atoms with Gasteiger partial charge >= 0.3 is 152 Å². The molecular formula is C17H21N3OSW. The van der Waals surface area contributed by atoms with Gasteiger partial charge in [0.1, 0.15) is 0 Å². The molecule has 0 spiro atoms. The molecule has 0 saturated heterocycles. The number of ether oxygens (including phenoxy) is 1. The van der Waals surface area contributed by atoms with E-state index < -0.39 is 0 Å². The van der Waals surface area contributed by atoms with E-state index in [2.05, 4.69) is 36.1 Å². The number of aromatic nitrogens is 3. The minimum atomic E-state index is 0.995. The number of hydrogen-bond donors (Lipinski definition) is 0. The van der Waals surface area contributed by atoms with Crippen LogP contribution in [0.4, 0.5) is 0 Å². The molecule has 122 valence electrons. The predicted molar refractivity (Wildman–Crippen MR) is 93.2 cm³/mol. The number of hydrogen-bond acceptors (Lipinski definition) is 4. The number of thiazole rings is 1. The molecule has 6 heteroatoms. The summed E-state index contributed by atoms with van der Waals surface area (Å²) in [5, 5.41) is 5.49. The van der Waals surface area contributed by atoms with E-state index in [4.69, 9.17) is 4.74 Å². The zero-order valence-electron chi connectivity index (χ0n) is 14.3. The van der Waals surface area contributed by atoms with Crippen LogP contribution in [0.5, 0.6) is 0 Å². The Bertz CT molecular complexity index is 799. The minimum absolute atomic E-state index is 0.995. The van der Waals surface area contributed by atoms with E-state index in [-0.39, 0.29) is 0 Å². The molecule has 0 aliphatic carbocycles. The topological polar surface area (TPSA) is 39.9 Å². The first-order valence-electron chi connectivity index (χ1n) is 7.28. The van der Waals surface area contributed by atoms with Crippen LogP contribution in [0.3, 0.4) is 0 Å². The van der Waals surface area contributed by atoms with Crippen molar-refractivity contribution in [3.8, 4) is 10.7 Å². The summed E-state index contributed by atoms with van der Waals surface area (Å²) in [6.45, 7) is 8.27. The number of aryl methyl sites for hydroxylation is 2. The van der Waals surface area contributed by atoms with Crippen LogP contribution in [-0.2, 0) is 31.1 Å². The van der Waals surface area contributed by atoms with E-state index >= 15 is 0 Å². The van der Waals surface area contributed by atoms with Gasteiger partial charge in [0.2, 0.25) is 0 Å². The summed E-state index contributed by atoms with van der Waals surface area (Å²) >= 11 is 3.02. The van der Waals surface area contributed by atoms with Gasteiger partial charge in [-0.15, -0.1) is 0 Å². The number of rotatable bonds is 5. The van der Waals surface area contributed by atoms with Crippen molar-refractivity contribution >= 4 is 21.0 Å². The summed E-state index contributed by atoms with van der Waals surface area (Å²) in [4.78, 5) is 5.77. The molecule has 2 rings (SSSR count). The predicted octanol–water partition coefficient (Wildman–Crippen LogP) is 3.83. The molecule has 0 aromatic carbocycles. The zero-order valence-corrected chi connectivity index (χ0v) is 18.0. The first kappa shape index (κ1) is 18.2. The first-order valence-corrected chi connectivity index (χ1v) is 9.57. The van der Waals surface area contributed by atoms with Crippen molar-refractivity contribution in [3.63, 3.8) is 0 Å². The fourth-order valence-corrected chi connectivity index (χ4v) is 3.97. The summed E-state index contributed by atoms with van der Waals surface area (Å²) in [5.41, 5.74) is 5.66. The number of nitrogens with zero attached hydrogens (tertiary/aromatic N) is 3. The van der Waals surface area contributed by atoms with Gasteiger partial charge < -0.3 is 0 Å². The van der Waals surface area contributed by atoms with E-state index in [1.54, 1.807) is 18.4 Å². The monoisotopic (exact) mass is 499 g/mol. The van der Waals surface area contributed by atoms with Crippen LogP contribution in [0.15, 0.2) is 23.9 Å². The van der Waals surface area contributed by atoms with Crippen LogP contribution < -0.4 is 0 Å². The third-order valence-electron chi connectivity index (χ3n) is 3.72. The van der Waals surface area contributed by atoms with Gasteiger partial charge in [-0.25, -0.2) is 0 Å². The Balaban J connectivity index is 2.37. The molecule has 23 heavy (non-hydrogen) atoms. The van der Waals surface area contributed by atoms with Crippen LogP contribution >= 0.6 is 11.3 Å². The molecule has 0 amide bonds. The molecule has 2 aromatic heterocycles. The second-order valence-electron chi connectivity index (χ2n) is 5.28. The van der Waals surface area contributed by atoms with Crippen molar-refractivity contribution in [1.29, 1.82) is 0 Å². The second kappa shape index (κ2) is 7.61. The van der Waals surface area contributed by atoms with Gasteiger partial charge in [-0.1, -0.05) is 0 Å². The summed E-state index contributed by atoms with van der Waals surface area (Å²) in [5.74, 6) is 0. The fourth-order valence-electron chi connectivity index (χ4n) is 2.31. The van der Waals surface area contributed by atoms with Gasteiger partial charge in [-0.2, -0.15) is 0 Å². The van der Waals surface area contributed by atoms with Crippen LogP contribution in [-0.4, -0.2) is 26.0 Å². The fraction of sp³-hybridized carbons (Fsp3) is 0.353. The van der Waals surface area contributed by atoms with Crippen molar-refractivity contribution in [2.45, 2.75) is 27.7 Å². The molecule has 0 atom stereocenters. The van der Waals surface area contributed by atoms with E-state index in [0.29, 0.717) is 0 Å². The Hall–Kier alpha value is -1.16. The van der Waals surface area contributed by atoms with Gasteiger partial charge in [-0.3, -0.25) is 0 Å². The number of allylic oxidation sites excluding steroid dienone is 2. The quantitative estimate of drug-likeness (QED) is 0.588. The molecule has 0 radical (unpaired) electrons. The van der Waals surface area contributed by atoms with Crippen molar-refractivity contribution in [2.75, 3.05) is 7.11 Å². The van der Waals surface area contributed by atoms with E-state index in [1.165, 1.54) is 30.5 Å². The molecule has 0 fully saturated rings. The summed E-state index contributed by atoms with van der Waals surface area (Å²) < 4.78 is 8.27. The number of methoxy groups -OCH3 is 1. The molecule has 0 N–H and O–H groups in total. The average molecular weight is 499 g/mol. The Kier molecular flexibility index (Phi) is 6.01. The van der Waals surface area contributed by atoms with Gasteiger partial charge in [0.05, 0.1) is 0 Å². The van der Waals surface area contributed by atoms with Crippen LogP contribution in [0, 0.1) is 13.8 Å². The molecule has 0 saturated carbocycles. The zero-order chi connectivity index (χ0) is 17.1. The second-order valence-corrected chi connectivity index (χ2v) is 7.64.